The molecule has 2 aromatic rings. The van der Waals surface area contributed by atoms with Gasteiger partial charge in [0.15, 0.2) is 0 Å². The Kier molecular flexibility index (Phi) is 4.72. The second-order valence-electron chi connectivity index (χ2n) is 4.54. The molecule has 0 bridgehead atoms. The van der Waals surface area contributed by atoms with Crippen molar-refractivity contribution in [3.63, 3.8) is 0 Å². The molecule has 0 aliphatic carbocycles. The highest BCUT2D eigenvalue weighted by Crippen LogP contribution is 2.26. The van der Waals surface area contributed by atoms with Gasteiger partial charge < -0.3 is 5.32 Å². The van der Waals surface area contributed by atoms with Crippen molar-refractivity contribution in [3.8, 4) is 0 Å². The fourth-order valence-electron chi connectivity index (χ4n) is 1.83. The van der Waals surface area contributed by atoms with Gasteiger partial charge in [-0.2, -0.15) is 23.1 Å². The molecular weight excluding hydrogens is 281 g/mol. The van der Waals surface area contributed by atoms with Gasteiger partial charge >= 0.3 is 6.18 Å². The van der Waals surface area contributed by atoms with Gasteiger partial charge in [-0.1, -0.05) is 30.3 Å². The molecule has 0 fully saturated rings. The standard InChI is InChI=1S/C14H15F3N4/c1-10-19-12(14(15,16)17)21-13(20-10)18-9-5-8-11-6-3-2-4-7-11/h2-4,6-7H,5,8-9H2,1H3,(H,18,19,20,21). The zero-order valence-electron chi connectivity index (χ0n) is 11.5. The second-order valence-corrected chi connectivity index (χ2v) is 4.54. The quantitative estimate of drug-likeness (QED) is 0.861. The maximum absolute atomic E-state index is 12.6. The molecule has 4 nitrogen and oxygen atoms in total. The van der Waals surface area contributed by atoms with Crippen LogP contribution in [0, 0.1) is 6.92 Å². The molecule has 1 aromatic heterocycles. The van der Waals surface area contributed by atoms with Gasteiger partial charge in [-0.25, -0.2) is 4.98 Å². The molecule has 0 amide bonds. The summed E-state index contributed by atoms with van der Waals surface area (Å²) in [7, 11) is 0. The topological polar surface area (TPSA) is 50.7 Å². The molecule has 0 aliphatic rings. The molecule has 1 heterocycles. The number of nitrogens with one attached hydrogen (secondary N) is 1. The van der Waals surface area contributed by atoms with Crippen molar-refractivity contribution in [3.05, 3.63) is 47.5 Å². The molecule has 112 valence electrons. The summed E-state index contributed by atoms with van der Waals surface area (Å²) >= 11 is 0. The lowest BCUT2D eigenvalue weighted by molar-refractivity contribution is -0.145. The minimum absolute atomic E-state index is 0.0390. The van der Waals surface area contributed by atoms with Crippen molar-refractivity contribution < 1.29 is 13.2 Å². The van der Waals surface area contributed by atoms with Crippen LogP contribution in [0.5, 0.6) is 0 Å². The van der Waals surface area contributed by atoms with Crippen molar-refractivity contribution in [1.29, 1.82) is 0 Å². The number of halogens is 3. The molecule has 0 saturated carbocycles. The number of hydrogen-bond donors (Lipinski definition) is 1. The number of rotatable bonds is 5. The largest absolute Gasteiger partial charge is 0.451 e. The highest BCUT2D eigenvalue weighted by molar-refractivity contribution is 5.25. The van der Waals surface area contributed by atoms with Crippen LogP contribution in [0.25, 0.3) is 0 Å². The summed E-state index contributed by atoms with van der Waals surface area (Å²) in [6.07, 6.45) is -2.95. The number of anilines is 1. The molecule has 2 rings (SSSR count). The van der Waals surface area contributed by atoms with Gasteiger partial charge in [0.2, 0.25) is 11.8 Å². The van der Waals surface area contributed by atoms with Crippen LogP contribution in [0.1, 0.15) is 23.6 Å². The van der Waals surface area contributed by atoms with Crippen molar-refractivity contribution in [2.75, 3.05) is 11.9 Å². The predicted molar refractivity (Wildman–Crippen MR) is 72.8 cm³/mol. The normalized spacial score (nSPS) is 11.4. The third-order valence-electron chi connectivity index (χ3n) is 2.77. The number of benzene rings is 1. The molecule has 0 atom stereocenters. The van der Waals surface area contributed by atoms with E-state index in [1.54, 1.807) is 0 Å². The van der Waals surface area contributed by atoms with Gasteiger partial charge in [-0.05, 0) is 25.3 Å². The zero-order valence-corrected chi connectivity index (χ0v) is 11.5. The van der Waals surface area contributed by atoms with Crippen LogP contribution in [0.4, 0.5) is 19.1 Å². The van der Waals surface area contributed by atoms with E-state index in [-0.39, 0.29) is 11.8 Å². The molecule has 7 heteroatoms. The van der Waals surface area contributed by atoms with Crippen molar-refractivity contribution in [1.82, 2.24) is 15.0 Å². The Morgan fingerprint density at radius 1 is 1.05 bits per heavy atom. The molecule has 0 unspecified atom stereocenters. The molecular formula is C14H15F3N4. The van der Waals surface area contributed by atoms with Crippen LogP contribution in [0.2, 0.25) is 0 Å². The minimum Gasteiger partial charge on any atom is -0.354 e. The van der Waals surface area contributed by atoms with E-state index in [0.717, 1.165) is 12.8 Å². The first kappa shape index (κ1) is 15.2. The van der Waals surface area contributed by atoms with Crippen LogP contribution in [0.3, 0.4) is 0 Å². The smallest absolute Gasteiger partial charge is 0.354 e. The Morgan fingerprint density at radius 2 is 1.76 bits per heavy atom. The van der Waals surface area contributed by atoms with E-state index in [1.165, 1.54) is 12.5 Å². The van der Waals surface area contributed by atoms with E-state index >= 15 is 0 Å². The van der Waals surface area contributed by atoms with Gasteiger partial charge in [0.1, 0.15) is 5.82 Å². The van der Waals surface area contributed by atoms with Gasteiger partial charge in [-0.15, -0.1) is 0 Å². The zero-order chi connectivity index (χ0) is 15.3. The third-order valence-corrected chi connectivity index (χ3v) is 2.77. The van der Waals surface area contributed by atoms with Crippen molar-refractivity contribution in [2.24, 2.45) is 0 Å². The van der Waals surface area contributed by atoms with Crippen LogP contribution >= 0.6 is 0 Å². The molecule has 0 aliphatic heterocycles. The van der Waals surface area contributed by atoms with Crippen molar-refractivity contribution in [2.45, 2.75) is 25.9 Å². The summed E-state index contributed by atoms with van der Waals surface area (Å²) in [6.45, 7) is 1.90. The van der Waals surface area contributed by atoms with Crippen LogP contribution < -0.4 is 5.32 Å². The predicted octanol–water partition coefficient (Wildman–Crippen LogP) is 3.24. The Morgan fingerprint density at radius 3 is 2.43 bits per heavy atom. The minimum atomic E-state index is -4.56. The Hall–Kier alpha value is -2.18. The van der Waals surface area contributed by atoms with E-state index in [1.807, 2.05) is 30.3 Å². The Bertz CT molecular complexity index is 585. The van der Waals surface area contributed by atoms with Crippen LogP contribution in [-0.4, -0.2) is 21.5 Å². The first-order valence-electron chi connectivity index (χ1n) is 6.53. The number of aromatic nitrogens is 3. The van der Waals surface area contributed by atoms with Crippen LogP contribution in [-0.2, 0) is 12.6 Å². The molecule has 1 N–H and O–H groups in total. The Labute approximate surface area is 120 Å². The molecule has 0 spiro atoms. The number of hydrogen-bond acceptors (Lipinski definition) is 4. The third kappa shape index (κ3) is 4.70. The average Bonchev–Trinajstić information content (AvgIpc) is 2.43. The fraction of sp³-hybridized carbons (Fsp3) is 0.357. The number of alkyl halides is 3. The highest BCUT2D eigenvalue weighted by Gasteiger charge is 2.35. The van der Waals surface area contributed by atoms with Gasteiger partial charge in [0.25, 0.3) is 0 Å². The highest BCUT2D eigenvalue weighted by atomic mass is 19.4. The first-order valence-corrected chi connectivity index (χ1v) is 6.53. The van der Waals surface area contributed by atoms with Crippen LogP contribution in [0.15, 0.2) is 30.3 Å². The SMILES string of the molecule is Cc1nc(NCCCc2ccccc2)nc(C(F)(F)F)n1. The van der Waals surface area contributed by atoms with E-state index < -0.39 is 12.0 Å². The summed E-state index contributed by atoms with van der Waals surface area (Å²) in [5, 5.41) is 2.81. The van der Waals surface area contributed by atoms with E-state index in [9.17, 15) is 13.2 Å². The van der Waals surface area contributed by atoms with E-state index in [2.05, 4.69) is 20.3 Å². The number of nitrogens with zero attached hydrogens (tertiary/aromatic N) is 3. The summed E-state index contributed by atoms with van der Waals surface area (Å²) in [6, 6.07) is 9.86. The summed E-state index contributed by atoms with van der Waals surface area (Å²) < 4.78 is 37.7. The summed E-state index contributed by atoms with van der Waals surface area (Å²) in [4.78, 5) is 10.5. The number of aryl methyl sites for hydroxylation is 2. The molecule has 0 saturated heterocycles. The molecule has 1 aromatic carbocycles. The van der Waals surface area contributed by atoms with Gasteiger partial charge in [0.05, 0.1) is 0 Å². The average molecular weight is 296 g/mol. The maximum atomic E-state index is 12.6. The fourth-order valence-corrected chi connectivity index (χ4v) is 1.83. The van der Waals surface area contributed by atoms with Gasteiger partial charge in [-0.3, -0.25) is 0 Å². The molecule has 0 radical (unpaired) electrons. The monoisotopic (exact) mass is 296 g/mol. The van der Waals surface area contributed by atoms with Gasteiger partial charge in [0, 0.05) is 6.54 Å². The van der Waals surface area contributed by atoms with Crippen molar-refractivity contribution >= 4 is 5.95 Å². The second kappa shape index (κ2) is 6.51. The lowest BCUT2D eigenvalue weighted by Gasteiger charge is -2.09. The first-order chi connectivity index (χ1) is 9.95. The Balaban J connectivity index is 1.90. The summed E-state index contributed by atoms with van der Waals surface area (Å²) in [5.41, 5.74) is 1.18. The summed E-state index contributed by atoms with van der Waals surface area (Å²) in [5.74, 6) is -1.16. The lowest BCUT2D eigenvalue weighted by atomic mass is 10.1. The molecule has 21 heavy (non-hydrogen) atoms. The van der Waals surface area contributed by atoms with E-state index in [0.29, 0.717) is 6.54 Å². The maximum Gasteiger partial charge on any atom is 0.451 e. The van der Waals surface area contributed by atoms with E-state index in [4.69, 9.17) is 0 Å². The lowest BCUT2D eigenvalue weighted by Crippen LogP contribution is -2.16.